The van der Waals surface area contributed by atoms with Crippen molar-refractivity contribution in [2.75, 3.05) is 19.0 Å². The molecule has 1 amide bonds. The minimum Gasteiger partial charge on any atom is -0.334 e. The number of alkyl halides is 1. The van der Waals surface area contributed by atoms with Crippen LogP contribution in [0.3, 0.4) is 0 Å². The van der Waals surface area contributed by atoms with Crippen LogP contribution in [0.25, 0.3) is 0 Å². The first-order valence-electron chi connectivity index (χ1n) is 4.62. The van der Waals surface area contributed by atoms with Crippen LogP contribution >= 0.6 is 11.6 Å². The lowest BCUT2D eigenvalue weighted by Crippen LogP contribution is -2.41. The maximum Gasteiger partial charge on any atom is 0.272 e. The maximum absolute atomic E-state index is 11.8. The average Bonchev–Trinajstić information content (AvgIpc) is 2.52. The van der Waals surface area contributed by atoms with Gasteiger partial charge in [-0.3, -0.25) is 9.48 Å². The minimum atomic E-state index is 0.0394. The number of aromatic nitrogens is 2. The third-order valence-electron chi connectivity index (χ3n) is 2.34. The molecule has 0 saturated heterocycles. The third-order valence-corrected chi connectivity index (χ3v) is 2.51. The molecule has 76 valence electrons. The molecule has 1 aromatic heterocycles. The summed E-state index contributed by atoms with van der Waals surface area (Å²) in [4.78, 5) is 13.6. The molecule has 0 N–H and O–H groups in total. The molecule has 1 aromatic rings. The van der Waals surface area contributed by atoms with E-state index in [9.17, 15) is 4.79 Å². The summed E-state index contributed by atoms with van der Waals surface area (Å²) in [7, 11) is 0. The standard InChI is InChI=1S/C9H12ClN3O/c1-7-6-8-9(14)12(3-2-10)4-5-13(8)11-7/h6H,2-5H2,1H3. The zero-order chi connectivity index (χ0) is 10.1. The minimum absolute atomic E-state index is 0.0394. The smallest absolute Gasteiger partial charge is 0.272 e. The summed E-state index contributed by atoms with van der Waals surface area (Å²) < 4.78 is 1.77. The van der Waals surface area contributed by atoms with Crippen LogP contribution in [-0.2, 0) is 6.54 Å². The highest BCUT2D eigenvalue weighted by Crippen LogP contribution is 2.13. The number of carbonyl (C=O) groups is 1. The first-order valence-corrected chi connectivity index (χ1v) is 5.15. The Hall–Kier alpha value is -1.03. The highest BCUT2D eigenvalue weighted by Gasteiger charge is 2.24. The van der Waals surface area contributed by atoms with Crippen LogP contribution in [0.4, 0.5) is 0 Å². The molecule has 2 heterocycles. The van der Waals surface area contributed by atoms with Crippen LogP contribution in [-0.4, -0.2) is 39.6 Å². The summed E-state index contributed by atoms with van der Waals surface area (Å²) >= 11 is 5.62. The maximum atomic E-state index is 11.8. The predicted octanol–water partition coefficient (Wildman–Crippen LogP) is 0.886. The molecule has 0 radical (unpaired) electrons. The van der Waals surface area contributed by atoms with Crippen molar-refractivity contribution in [3.8, 4) is 0 Å². The molecular formula is C9H12ClN3O. The Bertz CT molecular complexity index is 361. The number of rotatable bonds is 2. The van der Waals surface area contributed by atoms with Crippen LogP contribution in [0.15, 0.2) is 6.07 Å². The number of halogens is 1. The molecular weight excluding hydrogens is 202 g/mol. The number of amides is 1. The number of nitrogens with zero attached hydrogens (tertiary/aromatic N) is 3. The fraction of sp³-hybridized carbons (Fsp3) is 0.556. The second kappa shape index (κ2) is 3.61. The van der Waals surface area contributed by atoms with Crippen LogP contribution in [0, 0.1) is 6.92 Å². The van der Waals surface area contributed by atoms with Crippen molar-refractivity contribution in [2.45, 2.75) is 13.5 Å². The Labute approximate surface area is 87.4 Å². The molecule has 0 spiro atoms. The van der Waals surface area contributed by atoms with Gasteiger partial charge in [-0.2, -0.15) is 5.10 Å². The van der Waals surface area contributed by atoms with Gasteiger partial charge in [0.25, 0.3) is 5.91 Å². The van der Waals surface area contributed by atoms with Gasteiger partial charge in [0.1, 0.15) is 5.69 Å². The zero-order valence-corrected chi connectivity index (χ0v) is 8.79. The molecule has 0 bridgehead atoms. The van der Waals surface area contributed by atoms with E-state index < -0.39 is 0 Å². The molecule has 0 atom stereocenters. The fourth-order valence-corrected chi connectivity index (χ4v) is 1.89. The van der Waals surface area contributed by atoms with Gasteiger partial charge >= 0.3 is 0 Å². The Morgan fingerprint density at radius 3 is 3.07 bits per heavy atom. The van der Waals surface area contributed by atoms with Gasteiger partial charge in [0.2, 0.25) is 0 Å². The topological polar surface area (TPSA) is 38.1 Å². The molecule has 0 unspecified atom stereocenters. The predicted molar refractivity (Wildman–Crippen MR) is 53.6 cm³/mol. The van der Waals surface area contributed by atoms with E-state index >= 15 is 0 Å². The summed E-state index contributed by atoms with van der Waals surface area (Å²) in [6.45, 7) is 3.99. The summed E-state index contributed by atoms with van der Waals surface area (Å²) in [5, 5.41) is 4.23. The summed E-state index contributed by atoms with van der Waals surface area (Å²) in [5.41, 5.74) is 1.57. The van der Waals surface area contributed by atoms with Gasteiger partial charge in [-0.05, 0) is 13.0 Å². The Balaban J connectivity index is 2.26. The molecule has 0 aliphatic carbocycles. The van der Waals surface area contributed by atoms with Crippen LogP contribution in [0.1, 0.15) is 16.2 Å². The SMILES string of the molecule is Cc1cc2n(n1)CCN(CCCl)C2=O. The van der Waals surface area contributed by atoms with E-state index in [2.05, 4.69) is 5.10 Å². The van der Waals surface area contributed by atoms with Gasteiger partial charge in [-0.1, -0.05) is 0 Å². The average molecular weight is 214 g/mol. The van der Waals surface area contributed by atoms with Crippen LogP contribution < -0.4 is 0 Å². The summed E-state index contributed by atoms with van der Waals surface area (Å²) in [6.07, 6.45) is 0. The number of fused-ring (bicyclic) bond motifs is 1. The lowest BCUT2D eigenvalue weighted by atomic mass is 10.3. The van der Waals surface area contributed by atoms with E-state index in [1.165, 1.54) is 0 Å². The second-order valence-electron chi connectivity index (χ2n) is 3.38. The highest BCUT2D eigenvalue weighted by molar-refractivity contribution is 6.18. The van der Waals surface area contributed by atoms with Crippen molar-refractivity contribution in [1.29, 1.82) is 0 Å². The molecule has 4 nitrogen and oxygen atoms in total. The molecule has 1 aliphatic heterocycles. The molecule has 5 heteroatoms. The Morgan fingerprint density at radius 1 is 1.57 bits per heavy atom. The van der Waals surface area contributed by atoms with Gasteiger partial charge in [0.05, 0.1) is 12.2 Å². The number of carbonyl (C=O) groups excluding carboxylic acids is 1. The van der Waals surface area contributed by atoms with Gasteiger partial charge in [-0.15, -0.1) is 11.6 Å². The van der Waals surface area contributed by atoms with Gasteiger partial charge in [-0.25, -0.2) is 0 Å². The second-order valence-corrected chi connectivity index (χ2v) is 3.75. The molecule has 14 heavy (non-hydrogen) atoms. The Kier molecular flexibility index (Phi) is 2.46. The molecule has 1 aliphatic rings. The van der Waals surface area contributed by atoms with E-state index in [-0.39, 0.29) is 5.91 Å². The van der Waals surface area contributed by atoms with Gasteiger partial charge in [0, 0.05) is 19.0 Å². The summed E-state index contributed by atoms with van der Waals surface area (Å²) in [6, 6.07) is 1.82. The van der Waals surface area contributed by atoms with Crippen molar-refractivity contribution in [1.82, 2.24) is 14.7 Å². The van der Waals surface area contributed by atoms with E-state index in [4.69, 9.17) is 11.6 Å². The lowest BCUT2D eigenvalue weighted by Gasteiger charge is -2.26. The van der Waals surface area contributed by atoms with Gasteiger partial charge < -0.3 is 4.90 Å². The van der Waals surface area contributed by atoms with Crippen molar-refractivity contribution in [3.63, 3.8) is 0 Å². The highest BCUT2D eigenvalue weighted by atomic mass is 35.5. The fourth-order valence-electron chi connectivity index (χ4n) is 1.68. The van der Waals surface area contributed by atoms with Crippen molar-refractivity contribution in [3.05, 3.63) is 17.5 Å². The van der Waals surface area contributed by atoms with Crippen LogP contribution in [0.2, 0.25) is 0 Å². The third kappa shape index (κ3) is 1.50. The van der Waals surface area contributed by atoms with E-state index in [0.717, 1.165) is 12.2 Å². The first kappa shape index (κ1) is 9.52. The summed E-state index contributed by atoms with van der Waals surface area (Å²) in [5.74, 6) is 0.524. The number of aryl methyl sites for hydroxylation is 1. The quantitative estimate of drug-likeness (QED) is 0.685. The normalized spacial score (nSPS) is 15.9. The monoisotopic (exact) mass is 213 g/mol. The first-order chi connectivity index (χ1) is 6.72. The Morgan fingerprint density at radius 2 is 2.36 bits per heavy atom. The number of hydrogen-bond acceptors (Lipinski definition) is 2. The van der Waals surface area contributed by atoms with Crippen molar-refractivity contribution < 1.29 is 4.79 Å². The molecule has 2 rings (SSSR count). The van der Waals surface area contributed by atoms with E-state index in [0.29, 0.717) is 24.7 Å². The molecule has 0 saturated carbocycles. The zero-order valence-electron chi connectivity index (χ0n) is 8.03. The van der Waals surface area contributed by atoms with E-state index in [1.807, 2.05) is 13.0 Å². The molecule has 0 aromatic carbocycles. The largest absolute Gasteiger partial charge is 0.334 e. The van der Waals surface area contributed by atoms with Gasteiger partial charge in [0.15, 0.2) is 0 Å². The lowest BCUT2D eigenvalue weighted by molar-refractivity contribution is 0.0709. The number of hydrogen-bond donors (Lipinski definition) is 0. The molecule has 0 fully saturated rings. The van der Waals surface area contributed by atoms with Crippen molar-refractivity contribution in [2.24, 2.45) is 0 Å². The van der Waals surface area contributed by atoms with Crippen molar-refractivity contribution >= 4 is 17.5 Å². The van der Waals surface area contributed by atoms with Crippen LogP contribution in [0.5, 0.6) is 0 Å². The van der Waals surface area contributed by atoms with E-state index in [1.54, 1.807) is 9.58 Å².